The van der Waals surface area contributed by atoms with Gasteiger partial charge in [0.25, 0.3) is 0 Å². The van der Waals surface area contributed by atoms with Gasteiger partial charge in [0.15, 0.2) is 0 Å². The maximum atomic E-state index is 15.8. The minimum absolute atomic E-state index is 0.0444. The quantitative estimate of drug-likeness (QED) is 0.0501. The average Bonchev–Trinajstić information content (AvgIpc) is 1.77. The molecule has 25 nitrogen and oxygen atoms in total. The fraction of sp³-hybridized carbons (Fsp3) is 0.757. The number of aldehydes is 1. The Kier molecular flexibility index (Phi) is 34.8. The number of ketones is 1. The number of halogens is 4. The first-order valence-corrected chi connectivity index (χ1v) is 37.6. The van der Waals surface area contributed by atoms with Gasteiger partial charge in [-0.15, -0.1) is 0 Å². The SMILES string of the molecule is CC[C@H](C)[C@H](NC(=O)[C@H](CC(C)C)N(C)C(=O)C[C@@H](C(=O)N1CCCCC1)N(C)C(=O)[C@H](C1CCCCC1)N(C)C(=O)C1(NCC(C=O)N(CCO)C(=O)[C@H](CCc2ccc(C(F)(F)F)c(Cl)c2)NC(=O)CN(C)C(=O)[C@H](CC2CCCCC2)N(C)C(=O)CNC)CCCC1)C(=O)N(C)CC(C)=O. The molecule has 3 aliphatic carbocycles. The highest BCUT2D eigenvalue weighted by Crippen LogP contribution is 2.38. The average molecular weight is 1480 g/mol. The van der Waals surface area contributed by atoms with Crippen LogP contribution in [-0.2, 0) is 70.1 Å². The van der Waals surface area contributed by atoms with Gasteiger partial charge in [0.1, 0.15) is 48.3 Å². The van der Waals surface area contributed by atoms with Crippen molar-refractivity contribution in [1.82, 2.24) is 60.5 Å². The summed E-state index contributed by atoms with van der Waals surface area (Å²) >= 11 is 6.13. The molecule has 1 aliphatic heterocycles. The van der Waals surface area contributed by atoms with Crippen molar-refractivity contribution in [2.75, 3.05) is 102 Å². The third-order valence-electron chi connectivity index (χ3n) is 21.6. The van der Waals surface area contributed by atoms with Gasteiger partial charge in [-0.05, 0) is 126 Å². The van der Waals surface area contributed by atoms with E-state index in [1.54, 1.807) is 18.9 Å². The van der Waals surface area contributed by atoms with Gasteiger partial charge in [0, 0.05) is 68.5 Å². The highest BCUT2D eigenvalue weighted by atomic mass is 35.5. The Morgan fingerprint density at radius 2 is 1.31 bits per heavy atom. The highest BCUT2D eigenvalue weighted by molar-refractivity contribution is 6.31. The van der Waals surface area contributed by atoms with Crippen molar-refractivity contribution in [1.29, 1.82) is 0 Å². The molecule has 1 unspecified atom stereocenters. The lowest BCUT2D eigenvalue weighted by Crippen LogP contribution is -2.64. The first-order valence-electron chi connectivity index (χ1n) is 37.2. The van der Waals surface area contributed by atoms with Crippen LogP contribution in [0.2, 0.25) is 5.02 Å². The maximum absolute atomic E-state index is 15.8. The van der Waals surface area contributed by atoms with Crippen LogP contribution in [0.4, 0.5) is 13.2 Å². The molecule has 103 heavy (non-hydrogen) atoms. The molecule has 10 amide bonds. The van der Waals surface area contributed by atoms with E-state index in [4.69, 9.17) is 11.6 Å². The second kappa shape index (κ2) is 41.2. The van der Waals surface area contributed by atoms with Gasteiger partial charge in [0.2, 0.25) is 59.1 Å². The number of nitrogens with one attached hydrogen (secondary N) is 4. The summed E-state index contributed by atoms with van der Waals surface area (Å²) in [4.78, 5) is 183. The van der Waals surface area contributed by atoms with Crippen LogP contribution < -0.4 is 21.3 Å². The second-order valence-corrected chi connectivity index (χ2v) is 30.2. The highest BCUT2D eigenvalue weighted by Gasteiger charge is 2.50. The van der Waals surface area contributed by atoms with Gasteiger partial charge in [-0.1, -0.05) is 116 Å². The smallest absolute Gasteiger partial charge is 0.395 e. The summed E-state index contributed by atoms with van der Waals surface area (Å²) in [5.74, 6) is -6.86. The van der Waals surface area contributed by atoms with Crippen LogP contribution in [0.1, 0.15) is 187 Å². The largest absolute Gasteiger partial charge is 0.417 e. The monoisotopic (exact) mass is 1470 g/mol. The van der Waals surface area contributed by atoms with Crippen molar-refractivity contribution in [2.45, 2.75) is 236 Å². The number of aliphatic hydroxyl groups is 1. The Balaban J connectivity index is 1.46. The Morgan fingerprint density at radius 3 is 1.86 bits per heavy atom. The minimum Gasteiger partial charge on any atom is -0.395 e. The number of amides is 10. The molecule has 1 heterocycles. The van der Waals surface area contributed by atoms with Crippen LogP contribution >= 0.6 is 11.6 Å². The summed E-state index contributed by atoms with van der Waals surface area (Å²) in [6.07, 6.45) is 7.70. The number of likely N-dealkylation sites (N-methyl/N-ethyl adjacent to an activating group) is 7. The van der Waals surface area contributed by atoms with Crippen LogP contribution in [-0.4, -0.2) is 265 Å². The fourth-order valence-corrected chi connectivity index (χ4v) is 15.6. The summed E-state index contributed by atoms with van der Waals surface area (Å²) in [6.45, 7) is 7.19. The number of alkyl halides is 3. The first kappa shape index (κ1) is 86.9. The number of hydrogen-bond acceptors (Lipinski definition) is 15. The van der Waals surface area contributed by atoms with Crippen molar-refractivity contribution >= 4 is 82.7 Å². The number of likely N-dealkylation sites (tertiary alicyclic amines) is 1. The van der Waals surface area contributed by atoms with Gasteiger partial charge in [-0.25, -0.2) is 0 Å². The number of Topliss-reactive ketones (excluding diaryl/α,β-unsaturated/α-hetero) is 1. The zero-order chi connectivity index (χ0) is 76.6. The van der Waals surface area contributed by atoms with Crippen LogP contribution in [0.5, 0.6) is 0 Å². The molecule has 3 saturated carbocycles. The summed E-state index contributed by atoms with van der Waals surface area (Å²) < 4.78 is 41.5. The first-order chi connectivity index (χ1) is 48.7. The number of aryl methyl sites for hydroxylation is 1. The molecule has 1 aromatic carbocycles. The molecule has 4 aliphatic rings. The normalized spacial score (nSPS) is 18.2. The number of benzene rings is 1. The van der Waals surface area contributed by atoms with E-state index >= 15 is 19.2 Å². The van der Waals surface area contributed by atoms with E-state index in [0.29, 0.717) is 70.7 Å². The zero-order valence-electron chi connectivity index (χ0n) is 63.0. The molecule has 1 aromatic rings. The molecule has 0 bridgehead atoms. The van der Waals surface area contributed by atoms with Crippen LogP contribution in [0.15, 0.2) is 18.2 Å². The Labute approximate surface area is 612 Å². The molecule has 580 valence electrons. The second-order valence-electron chi connectivity index (χ2n) is 29.8. The lowest BCUT2D eigenvalue weighted by Gasteiger charge is -2.44. The molecule has 29 heteroatoms. The molecule has 5 rings (SSSR count). The van der Waals surface area contributed by atoms with Gasteiger partial charge < -0.3 is 70.4 Å². The fourth-order valence-electron chi connectivity index (χ4n) is 15.3. The van der Waals surface area contributed by atoms with Crippen molar-refractivity contribution in [2.24, 2.45) is 23.7 Å². The maximum Gasteiger partial charge on any atom is 0.417 e. The van der Waals surface area contributed by atoms with Crippen molar-refractivity contribution < 1.29 is 75.8 Å². The molecule has 0 aromatic heterocycles. The number of aliphatic hydroxyl groups excluding tert-OH is 1. The Bertz CT molecular complexity index is 3050. The topological polar surface area (TPSA) is 299 Å². The number of rotatable bonds is 38. The van der Waals surface area contributed by atoms with Crippen LogP contribution in [0.3, 0.4) is 0 Å². The molecule has 0 spiro atoms. The Morgan fingerprint density at radius 1 is 0.718 bits per heavy atom. The van der Waals surface area contributed by atoms with Gasteiger partial charge in [-0.2, -0.15) is 13.2 Å². The van der Waals surface area contributed by atoms with E-state index in [-0.39, 0.29) is 86.7 Å². The predicted molar refractivity (Wildman–Crippen MR) is 384 cm³/mol. The number of nitrogens with zero attached hydrogens (tertiary/aromatic N) is 8. The van der Waals surface area contributed by atoms with E-state index in [1.165, 1.54) is 79.8 Å². The van der Waals surface area contributed by atoms with Gasteiger partial charge in [0.05, 0.1) is 54.8 Å². The van der Waals surface area contributed by atoms with E-state index < -0.39 is 150 Å². The van der Waals surface area contributed by atoms with Gasteiger partial charge in [-0.3, -0.25) is 52.7 Å². The summed E-state index contributed by atoms with van der Waals surface area (Å²) in [7, 11) is 10.5. The number of hydrogen-bond donors (Lipinski definition) is 5. The zero-order valence-corrected chi connectivity index (χ0v) is 63.8. The summed E-state index contributed by atoms with van der Waals surface area (Å²) in [5, 5.41) is 21.7. The summed E-state index contributed by atoms with van der Waals surface area (Å²) in [5.41, 5.74) is -2.27. The predicted octanol–water partition coefficient (Wildman–Crippen LogP) is 5.63. The van der Waals surface area contributed by atoms with E-state index in [2.05, 4.69) is 21.3 Å². The number of carbonyl (C=O) groups is 12. The van der Waals surface area contributed by atoms with Crippen LogP contribution in [0, 0.1) is 23.7 Å². The standard InChI is InChI=1S/C74H118ClF3N12O13/c1-13-49(4)64(70(101)83(7)45-50(5)93)82-66(97)58(39-48(2)3)85(9)62(95)42-60(69(100)89-35-23-16-24-36-89)87(11)71(102)65(53-27-19-15-20-28-53)88(12)72(103)73(33-21-22-34-73)80-43-54(47-92)90(37-38-91)67(98)57(32-30-52-29-31-55(56(75)40-52)74(76,77)78)81-61(94)46-84(8)68(99)59(86(10)63(96)44-79-6)41-51-25-17-14-18-26-51/h29,31,40,47-49,51,53-54,57-60,64-65,79-80,91H,13-28,30,32-39,41-46H2,1-12H3,(H,81,94)(H,82,97)/t49-,54?,57-,58-,59-,60-,64-,65-/m0/s1. The van der Waals surface area contributed by atoms with Crippen LogP contribution in [0.25, 0.3) is 0 Å². The van der Waals surface area contributed by atoms with E-state index in [1.807, 2.05) is 20.8 Å². The van der Waals surface area contributed by atoms with E-state index in [9.17, 15) is 56.6 Å². The molecule has 4 fully saturated rings. The molecule has 1 saturated heterocycles. The van der Waals surface area contributed by atoms with Crippen molar-refractivity contribution in [3.63, 3.8) is 0 Å². The van der Waals surface area contributed by atoms with Crippen molar-refractivity contribution in [3.05, 3.63) is 34.3 Å². The number of piperidine rings is 1. The Hall–Kier alpha value is -6.78. The summed E-state index contributed by atoms with van der Waals surface area (Å²) in [6, 6.07) is -5.53. The van der Waals surface area contributed by atoms with E-state index in [0.717, 1.165) is 79.7 Å². The third kappa shape index (κ3) is 24.4. The third-order valence-corrected chi connectivity index (χ3v) is 21.9. The number of carbonyl (C=O) groups excluding carboxylic acids is 12. The molecular formula is C74H118ClF3N12O13. The molecular weight excluding hydrogens is 1360 g/mol. The lowest BCUT2D eigenvalue weighted by molar-refractivity contribution is -0.156. The molecule has 5 N–H and O–H groups in total. The van der Waals surface area contributed by atoms with Gasteiger partial charge >= 0.3 is 6.18 Å². The lowest BCUT2D eigenvalue weighted by atomic mass is 9.81. The van der Waals surface area contributed by atoms with Crippen molar-refractivity contribution in [3.8, 4) is 0 Å². The minimum atomic E-state index is -4.77. The molecule has 8 atom stereocenters. The molecule has 0 radical (unpaired) electrons.